The number of fused-ring (bicyclic) bond motifs is 1. The van der Waals surface area contributed by atoms with Crippen LogP contribution in [0.3, 0.4) is 0 Å². The number of rotatable bonds is 8. The molecule has 2 atom stereocenters. The second kappa shape index (κ2) is 11.2. The van der Waals surface area contributed by atoms with Gasteiger partial charge in [0.25, 0.3) is 5.56 Å². The van der Waals surface area contributed by atoms with Crippen molar-refractivity contribution in [2.24, 2.45) is 11.8 Å². The zero-order valence-electron chi connectivity index (χ0n) is 21.2. The summed E-state index contributed by atoms with van der Waals surface area (Å²) in [5, 5.41) is 4.65. The highest BCUT2D eigenvalue weighted by Gasteiger charge is 2.26. The third kappa shape index (κ3) is 5.95. The number of thiophene rings is 1. The van der Waals surface area contributed by atoms with Crippen molar-refractivity contribution in [1.82, 2.24) is 19.4 Å². The normalized spacial score (nSPS) is 17.9. The van der Waals surface area contributed by atoms with Gasteiger partial charge in [-0.2, -0.15) is 0 Å². The van der Waals surface area contributed by atoms with Gasteiger partial charge in [0.15, 0.2) is 0 Å². The summed E-state index contributed by atoms with van der Waals surface area (Å²) in [4.78, 5) is 53.6. The lowest BCUT2D eigenvalue weighted by Crippen LogP contribution is -2.47. The van der Waals surface area contributed by atoms with E-state index in [1.54, 1.807) is 11.4 Å². The maximum atomic E-state index is 13.3. The smallest absolute Gasteiger partial charge is 0.332 e. The number of aromatic nitrogens is 2. The average Bonchev–Trinajstić information content (AvgIpc) is 3.33. The van der Waals surface area contributed by atoms with Crippen molar-refractivity contribution in [3.05, 3.63) is 67.7 Å². The third-order valence-corrected chi connectivity index (χ3v) is 7.64. The van der Waals surface area contributed by atoms with Gasteiger partial charge in [0.05, 0.1) is 5.52 Å². The van der Waals surface area contributed by atoms with Gasteiger partial charge in [0.1, 0.15) is 11.2 Å². The maximum Gasteiger partial charge on any atom is 0.332 e. The molecule has 8 nitrogen and oxygen atoms in total. The van der Waals surface area contributed by atoms with Gasteiger partial charge < -0.3 is 10.2 Å². The number of likely N-dealkylation sites (tertiary alicyclic amines) is 1. The number of carbonyl (C=O) groups excluding carboxylic acids is 2. The number of benzene rings is 1. The van der Waals surface area contributed by atoms with Crippen LogP contribution in [0, 0.1) is 18.8 Å². The highest BCUT2D eigenvalue weighted by molar-refractivity contribution is 7.17. The summed E-state index contributed by atoms with van der Waals surface area (Å²) in [6, 6.07) is 9.66. The second-order valence-electron chi connectivity index (χ2n) is 10.1. The van der Waals surface area contributed by atoms with E-state index < -0.39 is 5.69 Å². The predicted molar refractivity (Wildman–Crippen MR) is 142 cm³/mol. The lowest BCUT2D eigenvalue weighted by Gasteiger charge is -2.35. The lowest BCUT2D eigenvalue weighted by atomic mass is 9.92. The van der Waals surface area contributed by atoms with Gasteiger partial charge in [-0.05, 0) is 48.6 Å². The summed E-state index contributed by atoms with van der Waals surface area (Å²) in [6.45, 7) is 8.11. The van der Waals surface area contributed by atoms with Crippen LogP contribution in [-0.4, -0.2) is 38.9 Å². The largest absolute Gasteiger partial charge is 0.352 e. The predicted octanol–water partition coefficient (Wildman–Crippen LogP) is 3.13. The summed E-state index contributed by atoms with van der Waals surface area (Å²) in [5.74, 6) is 0.594. The van der Waals surface area contributed by atoms with Gasteiger partial charge >= 0.3 is 5.69 Å². The van der Waals surface area contributed by atoms with E-state index >= 15 is 0 Å². The molecule has 4 rings (SSSR count). The van der Waals surface area contributed by atoms with Crippen LogP contribution in [0.25, 0.3) is 10.2 Å². The Kier molecular flexibility index (Phi) is 8.08. The Bertz CT molecular complexity index is 1340. The molecular formula is C27H34N4O4S. The molecule has 3 heterocycles. The Morgan fingerprint density at radius 2 is 1.72 bits per heavy atom. The highest BCUT2D eigenvalue weighted by atomic mass is 32.1. The Morgan fingerprint density at radius 3 is 2.42 bits per heavy atom. The van der Waals surface area contributed by atoms with Crippen LogP contribution < -0.4 is 16.6 Å². The fourth-order valence-electron chi connectivity index (χ4n) is 4.98. The number of piperidine rings is 1. The number of carbonyl (C=O) groups is 2. The molecule has 0 aliphatic carbocycles. The Morgan fingerprint density at radius 1 is 1.03 bits per heavy atom. The van der Waals surface area contributed by atoms with Crippen LogP contribution in [-0.2, 0) is 29.2 Å². The van der Waals surface area contributed by atoms with Crippen molar-refractivity contribution < 1.29 is 9.59 Å². The summed E-state index contributed by atoms with van der Waals surface area (Å²) in [5.41, 5.74) is 1.80. The van der Waals surface area contributed by atoms with Crippen LogP contribution in [0.5, 0.6) is 0 Å². The minimum atomic E-state index is -0.502. The van der Waals surface area contributed by atoms with E-state index in [0.29, 0.717) is 48.1 Å². The first kappa shape index (κ1) is 25.9. The lowest BCUT2D eigenvalue weighted by molar-refractivity contribution is -0.134. The molecule has 1 aliphatic heterocycles. The van der Waals surface area contributed by atoms with E-state index in [0.717, 1.165) is 17.5 Å². The van der Waals surface area contributed by atoms with Crippen molar-refractivity contribution >= 4 is 33.4 Å². The van der Waals surface area contributed by atoms with Crippen LogP contribution in [0.4, 0.5) is 0 Å². The van der Waals surface area contributed by atoms with Crippen LogP contribution in [0.1, 0.15) is 44.2 Å². The molecule has 1 N–H and O–H groups in total. The molecule has 1 fully saturated rings. The third-order valence-electron chi connectivity index (χ3n) is 6.75. The number of hydrogen-bond acceptors (Lipinski definition) is 5. The van der Waals surface area contributed by atoms with Crippen LogP contribution >= 0.6 is 11.3 Å². The summed E-state index contributed by atoms with van der Waals surface area (Å²) < 4.78 is 3.03. The van der Waals surface area contributed by atoms with Crippen molar-refractivity contribution in [2.75, 3.05) is 13.1 Å². The van der Waals surface area contributed by atoms with Gasteiger partial charge in [-0.15, -0.1) is 11.3 Å². The van der Waals surface area contributed by atoms with Gasteiger partial charge in [0, 0.05) is 32.6 Å². The number of hydrogen-bond donors (Lipinski definition) is 1. The molecule has 0 unspecified atom stereocenters. The van der Waals surface area contributed by atoms with Crippen molar-refractivity contribution in [3.63, 3.8) is 0 Å². The van der Waals surface area contributed by atoms with Gasteiger partial charge in [-0.1, -0.05) is 43.7 Å². The standard InChI is InChI=1S/C27H34N4O4S/c1-18-6-8-21(9-7-18)14-28-23(32)5-4-11-30-26(34)25-22(10-12-36-25)31(27(30)35)17-24(33)29-15-19(2)13-20(3)16-29/h6-10,12,19-20H,4-5,11,13-17H2,1-3H3,(H,28,32)/t19-,20-/m0/s1. The topological polar surface area (TPSA) is 93.4 Å². The Hall–Kier alpha value is -3.20. The molecule has 0 radical (unpaired) electrons. The number of amides is 2. The van der Waals surface area contributed by atoms with Crippen molar-refractivity contribution in [3.8, 4) is 0 Å². The fourth-order valence-corrected chi connectivity index (χ4v) is 5.82. The van der Waals surface area contributed by atoms with Gasteiger partial charge in [-0.3, -0.25) is 23.5 Å². The molecule has 2 amide bonds. The van der Waals surface area contributed by atoms with E-state index in [-0.39, 0.29) is 36.9 Å². The quantitative estimate of drug-likeness (QED) is 0.504. The average molecular weight is 511 g/mol. The fraction of sp³-hybridized carbons (Fsp3) is 0.481. The minimum Gasteiger partial charge on any atom is -0.352 e. The zero-order chi connectivity index (χ0) is 25.8. The zero-order valence-corrected chi connectivity index (χ0v) is 22.0. The molecule has 36 heavy (non-hydrogen) atoms. The van der Waals surface area contributed by atoms with Crippen LogP contribution in [0.2, 0.25) is 0 Å². The van der Waals surface area contributed by atoms with E-state index in [1.165, 1.54) is 20.5 Å². The first-order valence-corrected chi connectivity index (χ1v) is 13.4. The summed E-state index contributed by atoms with van der Waals surface area (Å²) >= 11 is 1.26. The summed E-state index contributed by atoms with van der Waals surface area (Å²) in [6.07, 6.45) is 1.63. The molecule has 1 aliphatic rings. The summed E-state index contributed by atoms with van der Waals surface area (Å²) in [7, 11) is 0. The van der Waals surface area contributed by atoms with Crippen LogP contribution in [0.15, 0.2) is 45.3 Å². The second-order valence-corrected chi connectivity index (χ2v) is 11.0. The molecule has 0 bridgehead atoms. The molecule has 192 valence electrons. The first-order chi connectivity index (χ1) is 17.2. The van der Waals surface area contributed by atoms with E-state index in [9.17, 15) is 19.2 Å². The van der Waals surface area contributed by atoms with Gasteiger partial charge in [-0.25, -0.2) is 4.79 Å². The number of nitrogens with one attached hydrogen (secondary N) is 1. The van der Waals surface area contributed by atoms with Crippen molar-refractivity contribution in [1.29, 1.82) is 0 Å². The molecule has 9 heteroatoms. The Labute approximate surface area is 214 Å². The van der Waals surface area contributed by atoms with Gasteiger partial charge in [0.2, 0.25) is 11.8 Å². The monoisotopic (exact) mass is 510 g/mol. The Balaban J connectivity index is 1.44. The molecule has 0 spiro atoms. The van der Waals surface area contributed by atoms with E-state index in [4.69, 9.17) is 0 Å². The molecule has 0 saturated carbocycles. The van der Waals surface area contributed by atoms with E-state index in [1.807, 2.05) is 36.1 Å². The first-order valence-electron chi connectivity index (χ1n) is 12.5. The minimum absolute atomic E-state index is 0.0944. The SMILES string of the molecule is Cc1ccc(CNC(=O)CCCn2c(=O)c3sccc3n(CC(=O)N3C[C@@H](C)C[C@H](C)C3)c2=O)cc1. The number of aryl methyl sites for hydroxylation is 1. The number of nitrogens with zero attached hydrogens (tertiary/aromatic N) is 3. The molecular weight excluding hydrogens is 476 g/mol. The molecule has 1 saturated heterocycles. The van der Waals surface area contributed by atoms with E-state index in [2.05, 4.69) is 19.2 Å². The maximum absolute atomic E-state index is 13.3. The molecule has 3 aromatic rings. The molecule has 1 aromatic carbocycles. The van der Waals surface area contributed by atoms with Crippen molar-refractivity contribution in [2.45, 2.75) is 59.7 Å². The molecule has 2 aromatic heterocycles. The highest BCUT2D eigenvalue weighted by Crippen LogP contribution is 2.22.